The summed E-state index contributed by atoms with van der Waals surface area (Å²) in [5.74, 6) is 0.862. The molecule has 28 heavy (non-hydrogen) atoms. The van der Waals surface area contributed by atoms with E-state index in [0.717, 1.165) is 44.2 Å². The molecule has 0 aromatic carbocycles. The molecule has 11 heteroatoms. The minimum absolute atomic E-state index is 0. The van der Waals surface area contributed by atoms with Gasteiger partial charge in [0, 0.05) is 44.3 Å². The Hall–Kier alpha value is -1.16. The molecule has 1 aliphatic rings. The Bertz CT molecular complexity index is 697. The first kappa shape index (κ1) is 26.8. The first-order valence-corrected chi connectivity index (χ1v) is 9.43. The average molecular weight is 470 g/mol. The monoisotopic (exact) mass is 468 g/mol. The lowest BCUT2D eigenvalue weighted by Gasteiger charge is -2.35. The smallest absolute Gasteiger partial charge is 0.243 e. The van der Waals surface area contributed by atoms with Gasteiger partial charge in [0.1, 0.15) is 5.82 Å². The zero-order valence-electron chi connectivity index (χ0n) is 15.6. The molecule has 0 unspecified atom stereocenters. The molecular weight excluding hydrogens is 443 g/mol. The molecule has 0 spiro atoms. The number of carbonyl (C=O) groups is 1. The van der Waals surface area contributed by atoms with Crippen molar-refractivity contribution in [1.82, 2.24) is 14.9 Å². The molecular formula is C17H27Cl3N6OS. The van der Waals surface area contributed by atoms with E-state index in [2.05, 4.69) is 25.1 Å². The minimum atomic E-state index is -0.480. The normalized spacial score (nSPS) is 14.9. The average Bonchev–Trinajstić information content (AvgIpc) is 3.09. The number of aromatic nitrogens is 2. The number of rotatable bonds is 6. The van der Waals surface area contributed by atoms with Crippen LogP contribution in [-0.4, -0.2) is 53.0 Å². The van der Waals surface area contributed by atoms with Crippen LogP contribution in [0.1, 0.15) is 19.0 Å². The number of nitrogens with one attached hydrogen (secondary N) is 1. The summed E-state index contributed by atoms with van der Waals surface area (Å²) in [7, 11) is 0. The van der Waals surface area contributed by atoms with Crippen molar-refractivity contribution >= 4 is 65.4 Å². The molecule has 2 aromatic rings. The molecule has 0 aliphatic carbocycles. The number of nitrogens with zero attached hydrogens (tertiary/aromatic N) is 4. The predicted molar refractivity (Wildman–Crippen MR) is 122 cm³/mol. The van der Waals surface area contributed by atoms with Crippen molar-refractivity contribution in [2.45, 2.75) is 25.9 Å². The van der Waals surface area contributed by atoms with Crippen molar-refractivity contribution in [3.05, 3.63) is 35.5 Å². The highest BCUT2D eigenvalue weighted by atomic mass is 35.5. The number of anilines is 2. The van der Waals surface area contributed by atoms with Gasteiger partial charge in [-0.05, 0) is 18.6 Å². The van der Waals surface area contributed by atoms with Gasteiger partial charge in [-0.2, -0.15) is 0 Å². The van der Waals surface area contributed by atoms with E-state index in [9.17, 15) is 4.79 Å². The maximum atomic E-state index is 11.8. The Balaban J connectivity index is 0.00000243. The van der Waals surface area contributed by atoms with Gasteiger partial charge in [-0.25, -0.2) is 9.97 Å². The van der Waals surface area contributed by atoms with Crippen LogP contribution in [0.4, 0.5) is 10.9 Å². The maximum absolute atomic E-state index is 11.8. The molecule has 0 bridgehead atoms. The standard InChI is InChI=1S/C17H24N6OS.3ClH/c1-2-14(18)16(24)21-17-20-13(12-25-17)11-22-7-9-23(10-8-22)15-5-3-4-6-19-15;;;/h3-6,12,14H,2,7-11,18H2,1H3,(H,20,21,24);3*1H/t14-;;;/m0.../s1. The number of pyridine rings is 1. The molecule has 2 aromatic heterocycles. The highest BCUT2D eigenvalue weighted by Gasteiger charge is 2.19. The number of hydrogen-bond acceptors (Lipinski definition) is 7. The summed E-state index contributed by atoms with van der Waals surface area (Å²) in [6.45, 7) is 6.53. The number of carbonyl (C=O) groups excluding carboxylic acids is 1. The number of thiazole rings is 1. The molecule has 1 aliphatic heterocycles. The Kier molecular flexibility index (Phi) is 12.6. The summed E-state index contributed by atoms with van der Waals surface area (Å²) in [4.78, 5) is 25.4. The fourth-order valence-corrected chi connectivity index (χ4v) is 3.43. The molecule has 1 fully saturated rings. The van der Waals surface area contributed by atoms with Crippen LogP contribution in [0.25, 0.3) is 0 Å². The van der Waals surface area contributed by atoms with Crippen molar-refractivity contribution in [2.75, 3.05) is 36.4 Å². The van der Waals surface area contributed by atoms with Crippen molar-refractivity contribution in [2.24, 2.45) is 5.73 Å². The largest absolute Gasteiger partial charge is 0.354 e. The summed E-state index contributed by atoms with van der Waals surface area (Å²) in [5.41, 5.74) is 6.71. The topological polar surface area (TPSA) is 87.4 Å². The highest BCUT2D eigenvalue weighted by Crippen LogP contribution is 2.19. The number of halogens is 3. The second kappa shape index (κ2) is 13.1. The van der Waals surface area contributed by atoms with Gasteiger partial charge in [0.05, 0.1) is 11.7 Å². The molecule has 0 radical (unpaired) electrons. The lowest BCUT2D eigenvalue weighted by molar-refractivity contribution is -0.117. The van der Waals surface area contributed by atoms with Gasteiger partial charge in [-0.1, -0.05) is 13.0 Å². The maximum Gasteiger partial charge on any atom is 0.243 e. The predicted octanol–water partition coefficient (Wildman–Crippen LogP) is 2.80. The van der Waals surface area contributed by atoms with Gasteiger partial charge < -0.3 is 16.0 Å². The van der Waals surface area contributed by atoms with Crippen LogP contribution in [0, 0.1) is 0 Å². The van der Waals surface area contributed by atoms with Gasteiger partial charge in [-0.3, -0.25) is 9.69 Å². The van der Waals surface area contributed by atoms with E-state index in [-0.39, 0.29) is 43.1 Å². The fourth-order valence-electron chi connectivity index (χ4n) is 2.73. The van der Waals surface area contributed by atoms with E-state index in [4.69, 9.17) is 5.73 Å². The van der Waals surface area contributed by atoms with Gasteiger partial charge >= 0.3 is 0 Å². The summed E-state index contributed by atoms with van der Waals surface area (Å²) in [6.07, 6.45) is 2.45. The molecule has 0 saturated carbocycles. The van der Waals surface area contributed by atoms with Crippen LogP contribution in [0.2, 0.25) is 0 Å². The van der Waals surface area contributed by atoms with Crippen LogP contribution >= 0.6 is 48.6 Å². The minimum Gasteiger partial charge on any atom is -0.354 e. The van der Waals surface area contributed by atoms with Gasteiger partial charge in [0.15, 0.2) is 5.13 Å². The molecule has 1 atom stereocenters. The third-order valence-corrected chi connectivity index (χ3v) is 5.10. The molecule has 3 N–H and O–H groups in total. The Morgan fingerprint density at radius 1 is 1.25 bits per heavy atom. The third-order valence-electron chi connectivity index (χ3n) is 4.29. The summed E-state index contributed by atoms with van der Waals surface area (Å²) in [5, 5.41) is 5.41. The van der Waals surface area contributed by atoms with Gasteiger partial charge in [0.25, 0.3) is 0 Å². The molecule has 1 saturated heterocycles. The lowest BCUT2D eigenvalue weighted by atomic mass is 10.2. The molecule has 3 rings (SSSR count). The van der Waals surface area contributed by atoms with Crippen LogP contribution in [0.5, 0.6) is 0 Å². The quantitative estimate of drug-likeness (QED) is 0.676. The van der Waals surface area contributed by atoms with E-state index in [1.165, 1.54) is 11.3 Å². The van der Waals surface area contributed by atoms with Crippen LogP contribution in [0.3, 0.4) is 0 Å². The number of nitrogens with two attached hydrogens (primary N) is 1. The highest BCUT2D eigenvalue weighted by molar-refractivity contribution is 7.13. The fraction of sp³-hybridized carbons (Fsp3) is 0.471. The van der Waals surface area contributed by atoms with Crippen molar-refractivity contribution in [3.63, 3.8) is 0 Å². The second-order valence-electron chi connectivity index (χ2n) is 6.10. The number of amides is 1. The first-order valence-electron chi connectivity index (χ1n) is 8.55. The summed E-state index contributed by atoms with van der Waals surface area (Å²) < 4.78 is 0. The van der Waals surface area contributed by atoms with Gasteiger partial charge in [-0.15, -0.1) is 48.6 Å². The van der Waals surface area contributed by atoms with E-state index in [0.29, 0.717) is 11.6 Å². The zero-order chi connectivity index (χ0) is 17.6. The van der Waals surface area contributed by atoms with Crippen LogP contribution in [-0.2, 0) is 11.3 Å². The Labute approximate surface area is 188 Å². The van der Waals surface area contributed by atoms with Crippen molar-refractivity contribution < 1.29 is 4.79 Å². The van der Waals surface area contributed by atoms with E-state index in [1.54, 1.807) is 0 Å². The molecule has 1 amide bonds. The third kappa shape index (κ3) is 7.35. The Morgan fingerprint density at radius 3 is 2.57 bits per heavy atom. The van der Waals surface area contributed by atoms with Crippen LogP contribution < -0.4 is 16.0 Å². The summed E-state index contributed by atoms with van der Waals surface area (Å²) in [6, 6.07) is 5.52. The number of piperazine rings is 1. The van der Waals surface area contributed by atoms with Gasteiger partial charge in [0.2, 0.25) is 5.91 Å². The van der Waals surface area contributed by atoms with E-state index < -0.39 is 6.04 Å². The van der Waals surface area contributed by atoms with E-state index in [1.807, 2.05) is 36.7 Å². The van der Waals surface area contributed by atoms with Crippen molar-refractivity contribution in [1.29, 1.82) is 0 Å². The Morgan fingerprint density at radius 2 is 1.96 bits per heavy atom. The van der Waals surface area contributed by atoms with Crippen LogP contribution in [0.15, 0.2) is 29.8 Å². The number of hydrogen-bond donors (Lipinski definition) is 2. The van der Waals surface area contributed by atoms with Crippen molar-refractivity contribution in [3.8, 4) is 0 Å². The first-order chi connectivity index (χ1) is 12.2. The van der Waals surface area contributed by atoms with E-state index >= 15 is 0 Å². The zero-order valence-corrected chi connectivity index (χ0v) is 18.9. The second-order valence-corrected chi connectivity index (χ2v) is 6.96. The summed E-state index contributed by atoms with van der Waals surface area (Å²) >= 11 is 1.45. The SMILES string of the molecule is CC[C@H](N)C(=O)Nc1nc(CN2CCN(c3ccccn3)CC2)cs1.Cl.Cl.Cl. The molecule has 3 heterocycles. The molecule has 158 valence electrons. The molecule has 7 nitrogen and oxygen atoms in total. The lowest BCUT2D eigenvalue weighted by Crippen LogP contribution is -2.46.